The average Bonchev–Trinajstić information content (AvgIpc) is 2.66. The number of carbonyl (C=O) groups excluding carboxylic acids is 1. The Balaban J connectivity index is 2.52. The molecule has 0 radical (unpaired) electrons. The Labute approximate surface area is 102 Å². The molecule has 2 N–H and O–H groups in total. The number of rotatable bonds is 3. The number of benzene rings is 1. The monoisotopic (exact) mass is 285 g/mol. The summed E-state index contributed by atoms with van der Waals surface area (Å²) in [5, 5.41) is 0. The predicted molar refractivity (Wildman–Crippen MR) is 63.0 cm³/mol. The fourth-order valence-corrected chi connectivity index (χ4v) is 2.28. The smallest absolute Gasteiger partial charge is 0.231 e. The fraction of sp³-hybridized carbons (Fsp3) is 0.364. The van der Waals surface area contributed by atoms with Crippen molar-refractivity contribution in [1.82, 2.24) is 0 Å². The summed E-state index contributed by atoms with van der Waals surface area (Å²) in [6, 6.07) is 1.89. The van der Waals surface area contributed by atoms with Crippen LogP contribution in [0.1, 0.15) is 22.8 Å². The highest BCUT2D eigenvalue weighted by Gasteiger charge is 2.24. The second-order valence-corrected chi connectivity index (χ2v) is 4.65. The highest BCUT2D eigenvalue weighted by Crippen LogP contribution is 2.42. The third kappa shape index (κ3) is 1.92. The molecule has 1 aromatic carbocycles. The van der Waals surface area contributed by atoms with E-state index < -0.39 is 0 Å². The number of fused-ring (bicyclic) bond motifs is 1. The first-order chi connectivity index (χ1) is 7.63. The number of nitrogens with two attached hydrogens (primary N) is 1. The molecule has 86 valence electrons. The first-order valence-corrected chi connectivity index (χ1v) is 5.74. The molecule has 1 aromatic rings. The molecule has 0 aromatic heterocycles. The molecule has 0 spiro atoms. The fourth-order valence-electron chi connectivity index (χ4n) is 1.73. The minimum absolute atomic E-state index is 0.0299. The molecule has 1 heterocycles. The molecule has 2 rings (SSSR count). The van der Waals surface area contributed by atoms with Gasteiger partial charge < -0.3 is 15.2 Å². The average molecular weight is 286 g/mol. The highest BCUT2D eigenvalue weighted by atomic mass is 79.9. The van der Waals surface area contributed by atoms with Gasteiger partial charge in [0.15, 0.2) is 17.8 Å². The van der Waals surface area contributed by atoms with Gasteiger partial charge in [-0.25, -0.2) is 0 Å². The van der Waals surface area contributed by atoms with Crippen LogP contribution in [0.2, 0.25) is 0 Å². The van der Waals surface area contributed by atoms with Crippen LogP contribution in [0.3, 0.4) is 0 Å². The van der Waals surface area contributed by atoms with Gasteiger partial charge in [0.25, 0.3) is 0 Å². The first kappa shape index (κ1) is 11.4. The summed E-state index contributed by atoms with van der Waals surface area (Å²) in [4.78, 5) is 10.9. The van der Waals surface area contributed by atoms with Crippen LogP contribution in [0.5, 0.6) is 11.5 Å². The van der Waals surface area contributed by atoms with Gasteiger partial charge in [-0.3, -0.25) is 4.79 Å². The van der Waals surface area contributed by atoms with Gasteiger partial charge in [-0.2, -0.15) is 0 Å². The summed E-state index contributed by atoms with van der Waals surface area (Å²) in [7, 11) is 0. The number of hydrogen-bond donors (Lipinski definition) is 1. The lowest BCUT2D eigenvalue weighted by Crippen LogP contribution is -2.18. The Morgan fingerprint density at radius 2 is 2.25 bits per heavy atom. The molecule has 1 atom stereocenters. The van der Waals surface area contributed by atoms with Gasteiger partial charge in [0.1, 0.15) is 0 Å². The predicted octanol–water partition coefficient (Wildman–Crippen LogP) is 1.88. The van der Waals surface area contributed by atoms with Gasteiger partial charge in [0.2, 0.25) is 6.79 Å². The first-order valence-electron chi connectivity index (χ1n) is 4.95. The van der Waals surface area contributed by atoms with Crippen molar-refractivity contribution >= 4 is 22.2 Å². The van der Waals surface area contributed by atoms with Gasteiger partial charge in [-0.15, -0.1) is 0 Å². The molecule has 0 aliphatic carbocycles. The number of halogens is 1. The van der Waals surface area contributed by atoms with E-state index in [1.54, 1.807) is 0 Å². The van der Waals surface area contributed by atoms with Crippen LogP contribution in [0.15, 0.2) is 10.5 Å². The Morgan fingerprint density at radius 1 is 1.56 bits per heavy atom. The summed E-state index contributed by atoms with van der Waals surface area (Å²) in [5.41, 5.74) is 7.20. The Bertz CT molecular complexity index is 432. The summed E-state index contributed by atoms with van der Waals surface area (Å²) >= 11 is 3.34. The maximum atomic E-state index is 10.9. The second kappa shape index (κ2) is 4.43. The standard InChI is InChI=1S/C11H12BrNO3/c1-6(13)2-7-3-9(12)8(4-14)11-10(7)15-5-16-11/h3-4,6H,2,5,13H2,1H3. The molecule has 1 aliphatic heterocycles. The third-order valence-corrected chi connectivity index (χ3v) is 3.02. The molecule has 1 aliphatic rings. The molecule has 0 fully saturated rings. The topological polar surface area (TPSA) is 61.6 Å². The lowest BCUT2D eigenvalue weighted by molar-refractivity contribution is 0.111. The minimum Gasteiger partial charge on any atom is -0.453 e. The SMILES string of the molecule is CC(N)Cc1cc(Br)c(C=O)c2c1OCO2. The van der Waals surface area contributed by atoms with Crippen LogP contribution >= 0.6 is 15.9 Å². The van der Waals surface area contributed by atoms with E-state index in [0.717, 1.165) is 11.8 Å². The highest BCUT2D eigenvalue weighted by molar-refractivity contribution is 9.10. The van der Waals surface area contributed by atoms with Gasteiger partial charge in [-0.1, -0.05) is 0 Å². The van der Waals surface area contributed by atoms with E-state index in [2.05, 4.69) is 15.9 Å². The minimum atomic E-state index is 0.0299. The lowest BCUT2D eigenvalue weighted by Gasteiger charge is -2.10. The van der Waals surface area contributed by atoms with E-state index in [1.807, 2.05) is 13.0 Å². The maximum absolute atomic E-state index is 10.9. The van der Waals surface area contributed by atoms with Gasteiger partial charge in [-0.05, 0) is 35.3 Å². The quantitative estimate of drug-likeness (QED) is 0.862. The maximum Gasteiger partial charge on any atom is 0.231 e. The molecule has 5 heteroatoms. The van der Waals surface area contributed by atoms with Crippen molar-refractivity contribution < 1.29 is 14.3 Å². The van der Waals surface area contributed by atoms with E-state index in [-0.39, 0.29) is 12.8 Å². The molecule has 4 nitrogen and oxygen atoms in total. The summed E-state index contributed by atoms with van der Waals surface area (Å²) < 4.78 is 11.4. The number of carbonyl (C=O) groups is 1. The Hall–Kier alpha value is -1.07. The van der Waals surface area contributed by atoms with Gasteiger partial charge in [0, 0.05) is 16.1 Å². The molecular weight excluding hydrogens is 274 g/mol. The van der Waals surface area contributed by atoms with Crippen molar-refractivity contribution in [2.75, 3.05) is 6.79 Å². The van der Waals surface area contributed by atoms with Crippen LogP contribution in [-0.4, -0.2) is 19.1 Å². The van der Waals surface area contributed by atoms with Crippen LogP contribution in [0.25, 0.3) is 0 Å². The van der Waals surface area contributed by atoms with E-state index in [4.69, 9.17) is 15.2 Å². The lowest BCUT2D eigenvalue weighted by atomic mass is 10.0. The van der Waals surface area contributed by atoms with Crippen molar-refractivity contribution in [1.29, 1.82) is 0 Å². The zero-order valence-electron chi connectivity index (χ0n) is 8.83. The summed E-state index contributed by atoms with van der Waals surface area (Å²) in [6.45, 7) is 2.07. The third-order valence-electron chi connectivity index (χ3n) is 2.37. The van der Waals surface area contributed by atoms with Crippen LogP contribution in [0.4, 0.5) is 0 Å². The number of aldehydes is 1. The number of ether oxygens (including phenoxy) is 2. The normalized spacial score (nSPS) is 14.9. The largest absolute Gasteiger partial charge is 0.453 e. The Kier molecular flexibility index (Phi) is 3.16. The van der Waals surface area contributed by atoms with E-state index in [0.29, 0.717) is 28.0 Å². The van der Waals surface area contributed by atoms with Gasteiger partial charge in [0.05, 0.1) is 5.56 Å². The molecule has 1 unspecified atom stereocenters. The van der Waals surface area contributed by atoms with Crippen molar-refractivity contribution in [2.24, 2.45) is 5.73 Å². The van der Waals surface area contributed by atoms with Gasteiger partial charge >= 0.3 is 0 Å². The molecule has 0 amide bonds. The van der Waals surface area contributed by atoms with Crippen molar-refractivity contribution in [2.45, 2.75) is 19.4 Å². The summed E-state index contributed by atoms with van der Waals surface area (Å²) in [5.74, 6) is 1.16. The van der Waals surface area contributed by atoms with E-state index in [1.165, 1.54) is 0 Å². The number of hydrogen-bond acceptors (Lipinski definition) is 4. The molecule has 0 saturated heterocycles. The van der Waals surface area contributed by atoms with E-state index >= 15 is 0 Å². The van der Waals surface area contributed by atoms with Crippen LogP contribution in [0, 0.1) is 0 Å². The molecular formula is C11H12BrNO3. The van der Waals surface area contributed by atoms with Crippen LogP contribution < -0.4 is 15.2 Å². The van der Waals surface area contributed by atoms with Crippen molar-refractivity contribution in [3.63, 3.8) is 0 Å². The van der Waals surface area contributed by atoms with E-state index in [9.17, 15) is 4.79 Å². The van der Waals surface area contributed by atoms with Crippen molar-refractivity contribution in [3.05, 3.63) is 21.7 Å². The Morgan fingerprint density at radius 3 is 2.88 bits per heavy atom. The van der Waals surface area contributed by atoms with Crippen LogP contribution in [-0.2, 0) is 6.42 Å². The summed E-state index contributed by atoms with van der Waals surface area (Å²) in [6.07, 6.45) is 1.44. The molecule has 0 bridgehead atoms. The van der Waals surface area contributed by atoms with Crippen molar-refractivity contribution in [3.8, 4) is 11.5 Å². The second-order valence-electron chi connectivity index (χ2n) is 3.80. The zero-order chi connectivity index (χ0) is 11.7. The molecule has 16 heavy (non-hydrogen) atoms. The zero-order valence-corrected chi connectivity index (χ0v) is 10.4. The molecule has 0 saturated carbocycles.